The van der Waals surface area contributed by atoms with Crippen molar-refractivity contribution in [1.29, 1.82) is 0 Å². The van der Waals surface area contributed by atoms with Gasteiger partial charge in [-0.15, -0.1) is 0 Å². The number of carbonyl (C=O) groups excluding carboxylic acids is 2. The van der Waals surface area contributed by atoms with Gasteiger partial charge in [0.1, 0.15) is 0 Å². The Bertz CT molecular complexity index is 975. The molecule has 2 fully saturated rings. The molecule has 2 saturated heterocycles. The Labute approximate surface area is 175 Å². The summed E-state index contributed by atoms with van der Waals surface area (Å²) in [6, 6.07) is 13.4. The van der Waals surface area contributed by atoms with Crippen molar-refractivity contribution in [3.8, 4) is 11.5 Å². The number of amides is 2. The van der Waals surface area contributed by atoms with Crippen molar-refractivity contribution in [2.45, 2.75) is 19.8 Å². The molecule has 0 bridgehead atoms. The lowest BCUT2D eigenvalue weighted by Gasteiger charge is -2.19. The fourth-order valence-corrected chi connectivity index (χ4v) is 4.36. The van der Waals surface area contributed by atoms with Gasteiger partial charge in [0.2, 0.25) is 18.6 Å². The molecule has 3 aliphatic heterocycles. The van der Waals surface area contributed by atoms with Gasteiger partial charge in [-0.05, 0) is 48.7 Å². The minimum absolute atomic E-state index is 0.0625. The molecule has 1 N–H and O–H groups in total. The van der Waals surface area contributed by atoms with Crippen LogP contribution in [0.4, 0.5) is 17.1 Å². The highest BCUT2D eigenvalue weighted by molar-refractivity contribution is 6.03. The summed E-state index contributed by atoms with van der Waals surface area (Å²) in [4.78, 5) is 29.3. The Morgan fingerprint density at radius 2 is 1.80 bits per heavy atom. The molecule has 5 rings (SSSR count). The van der Waals surface area contributed by atoms with Crippen LogP contribution in [0.2, 0.25) is 0 Å². The van der Waals surface area contributed by atoms with Crippen LogP contribution >= 0.6 is 0 Å². The van der Waals surface area contributed by atoms with E-state index in [4.69, 9.17) is 9.47 Å². The summed E-state index contributed by atoms with van der Waals surface area (Å²) in [6.45, 7) is 4.96. The van der Waals surface area contributed by atoms with E-state index in [9.17, 15) is 9.59 Å². The number of rotatable bonds is 4. The zero-order valence-corrected chi connectivity index (χ0v) is 17.0. The third-order valence-electron chi connectivity index (χ3n) is 6.09. The fraction of sp³-hybridized carbons (Fsp3) is 0.391. The van der Waals surface area contributed by atoms with Gasteiger partial charge in [0.25, 0.3) is 0 Å². The number of carbonyl (C=O) groups is 2. The molecule has 7 nitrogen and oxygen atoms in total. The van der Waals surface area contributed by atoms with Crippen molar-refractivity contribution in [2.75, 3.05) is 41.5 Å². The maximum absolute atomic E-state index is 12.8. The SMILES string of the molecule is CC1CCN(c2ccc(NC(=O)C3CC(=O)N(c4ccc5c(c4)OCO5)C3)cc2)C1. The summed E-state index contributed by atoms with van der Waals surface area (Å²) in [5.41, 5.74) is 2.66. The van der Waals surface area contributed by atoms with E-state index < -0.39 is 0 Å². The average molecular weight is 407 g/mol. The Kier molecular flexibility index (Phi) is 4.73. The molecule has 2 atom stereocenters. The Morgan fingerprint density at radius 3 is 2.57 bits per heavy atom. The maximum Gasteiger partial charge on any atom is 0.231 e. The lowest BCUT2D eigenvalue weighted by Crippen LogP contribution is -2.28. The van der Waals surface area contributed by atoms with E-state index in [2.05, 4.69) is 17.1 Å². The van der Waals surface area contributed by atoms with Crippen LogP contribution < -0.4 is 24.6 Å². The minimum Gasteiger partial charge on any atom is -0.454 e. The standard InChI is InChI=1S/C23H25N3O4/c1-15-8-9-25(12-15)18-4-2-17(3-5-18)24-23(28)16-10-22(27)26(13-16)19-6-7-20-21(11-19)30-14-29-20/h2-7,11,15-16H,8-10,12-14H2,1H3,(H,24,28). The highest BCUT2D eigenvalue weighted by Gasteiger charge is 2.35. The summed E-state index contributed by atoms with van der Waals surface area (Å²) in [7, 11) is 0. The molecule has 156 valence electrons. The van der Waals surface area contributed by atoms with E-state index in [1.54, 1.807) is 17.0 Å². The number of nitrogens with one attached hydrogen (secondary N) is 1. The maximum atomic E-state index is 12.8. The monoisotopic (exact) mass is 407 g/mol. The lowest BCUT2D eigenvalue weighted by atomic mass is 10.1. The number of hydrogen-bond acceptors (Lipinski definition) is 5. The fourth-order valence-electron chi connectivity index (χ4n) is 4.36. The van der Waals surface area contributed by atoms with E-state index >= 15 is 0 Å². The van der Waals surface area contributed by atoms with Gasteiger partial charge in [-0.1, -0.05) is 6.92 Å². The number of nitrogens with zero attached hydrogens (tertiary/aromatic N) is 2. The smallest absolute Gasteiger partial charge is 0.231 e. The van der Waals surface area contributed by atoms with Gasteiger partial charge in [-0.2, -0.15) is 0 Å². The number of anilines is 3. The van der Waals surface area contributed by atoms with Gasteiger partial charge >= 0.3 is 0 Å². The normalized spacial score (nSPS) is 22.6. The van der Waals surface area contributed by atoms with E-state index in [0.717, 1.165) is 30.4 Å². The van der Waals surface area contributed by atoms with Crippen molar-refractivity contribution < 1.29 is 19.1 Å². The molecule has 0 aliphatic carbocycles. The predicted molar refractivity (Wildman–Crippen MR) is 114 cm³/mol. The summed E-state index contributed by atoms with van der Waals surface area (Å²) >= 11 is 0. The molecule has 2 unspecified atom stereocenters. The van der Waals surface area contributed by atoms with Gasteiger partial charge < -0.3 is 24.6 Å². The second-order valence-electron chi connectivity index (χ2n) is 8.32. The van der Waals surface area contributed by atoms with Crippen LogP contribution in [-0.4, -0.2) is 38.2 Å². The summed E-state index contributed by atoms with van der Waals surface area (Å²) in [5, 5.41) is 2.96. The third-order valence-corrected chi connectivity index (χ3v) is 6.09. The van der Waals surface area contributed by atoms with E-state index in [0.29, 0.717) is 18.0 Å². The first-order chi connectivity index (χ1) is 14.6. The Balaban J connectivity index is 1.22. The van der Waals surface area contributed by atoms with Crippen LogP contribution in [0, 0.1) is 11.8 Å². The Hall–Kier alpha value is -3.22. The first-order valence-corrected chi connectivity index (χ1v) is 10.4. The van der Waals surface area contributed by atoms with Crippen molar-refractivity contribution >= 4 is 28.9 Å². The van der Waals surface area contributed by atoms with Crippen LogP contribution in [0.5, 0.6) is 11.5 Å². The Morgan fingerprint density at radius 1 is 1.03 bits per heavy atom. The molecule has 30 heavy (non-hydrogen) atoms. The van der Waals surface area contributed by atoms with Gasteiger partial charge in [-0.25, -0.2) is 0 Å². The van der Waals surface area contributed by atoms with Crippen molar-refractivity contribution in [1.82, 2.24) is 0 Å². The lowest BCUT2D eigenvalue weighted by molar-refractivity contribution is -0.122. The average Bonchev–Trinajstić information content (AvgIpc) is 3.47. The quantitative estimate of drug-likeness (QED) is 0.843. The van der Waals surface area contributed by atoms with E-state index in [-0.39, 0.29) is 30.9 Å². The summed E-state index contributed by atoms with van der Waals surface area (Å²) in [5.74, 6) is 1.44. The van der Waals surface area contributed by atoms with E-state index in [1.165, 1.54) is 12.1 Å². The molecule has 2 aromatic carbocycles. The number of hydrogen-bond donors (Lipinski definition) is 1. The molecule has 3 heterocycles. The molecule has 0 aromatic heterocycles. The minimum atomic E-state index is -0.387. The van der Waals surface area contributed by atoms with Gasteiger partial charge in [0.15, 0.2) is 11.5 Å². The number of fused-ring (bicyclic) bond motifs is 1. The second kappa shape index (κ2) is 7.55. The zero-order valence-electron chi connectivity index (χ0n) is 17.0. The highest BCUT2D eigenvalue weighted by Crippen LogP contribution is 2.37. The van der Waals surface area contributed by atoms with Crippen LogP contribution in [0.15, 0.2) is 42.5 Å². The van der Waals surface area contributed by atoms with Crippen LogP contribution in [0.1, 0.15) is 19.8 Å². The molecule has 0 radical (unpaired) electrons. The predicted octanol–water partition coefficient (Wildman–Crippen LogP) is 3.25. The molecule has 7 heteroatoms. The first-order valence-electron chi connectivity index (χ1n) is 10.4. The second-order valence-corrected chi connectivity index (χ2v) is 8.32. The molecule has 2 amide bonds. The number of benzene rings is 2. The van der Waals surface area contributed by atoms with Gasteiger partial charge in [0, 0.05) is 49.2 Å². The largest absolute Gasteiger partial charge is 0.454 e. The van der Waals surface area contributed by atoms with Crippen molar-refractivity contribution in [3.05, 3.63) is 42.5 Å². The highest BCUT2D eigenvalue weighted by atomic mass is 16.7. The third kappa shape index (κ3) is 3.56. The first kappa shape index (κ1) is 18.8. The summed E-state index contributed by atoms with van der Waals surface area (Å²) < 4.78 is 10.7. The molecule has 0 spiro atoms. The van der Waals surface area contributed by atoms with Crippen molar-refractivity contribution in [3.63, 3.8) is 0 Å². The molecular weight excluding hydrogens is 382 g/mol. The van der Waals surface area contributed by atoms with Crippen LogP contribution in [0.25, 0.3) is 0 Å². The zero-order chi connectivity index (χ0) is 20.7. The molecule has 2 aromatic rings. The molecular formula is C23H25N3O4. The summed E-state index contributed by atoms with van der Waals surface area (Å²) in [6.07, 6.45) is 1.41. The van der Waals surface area contributed by atoms with Crippen LogP contribution in [0.3, 0.4) is 0 Å². The van der Waals surface area contributed by atoms with Gasteiger partial charge in [-0.3, -0.25) is 9.59 Å². The van der Waals surface area contributed by atoms with Crippen molar-refractivity contribution in [2.24, 2.45) is 11.8 Å². The van der Waals surface area contributed by atoms with Gasteiger partial charge in [0.05, 0.1) is 5.92 Å². The van der Waals surface area contributed by atoms with Crippen LogP contribution in [-0.2, 0) is 9.59 Å². The number of ether oxygens (including phenoxy) is 2. The molecule has 3 aliphatic rings. The van der Waals surface area contributed by atoms with E-state index in [1.807, 2.05) is 30.3 Å². The topological polar surface area (TPSA) is 71.1 Å². The molecule has 0 saturated carbocycles.